The van der Waals surface area contributed by atoms with Gasteiger partial charge in [0.05, 0.1) is 33.4 Å². The maximum absolute atomic E-state index is 13.3. The largest absolute Gasteiger partial charge is 0.490 e. The van der Waals surface area contributed by atoms with Gasteiger partial charge < -0.3 is 9.30 Å². The summed E-state index contributed by atoms with van der Waals surface area (Å²) in [5.41, 5.74) is 2.38. The second-order valence-corrected chi connectivity index (χ2v) is 10.5. The number of hydrogen-bond donors (Lipinski definition) is 1. The van der Waals surface area contributed by atoms with Crippen molar-refractivity contribution in [2.24, 2.45) is 7.05 Å². The van der Waals surface area contributed by atoms with E-state index in [1.165, 1.54) is 12.1 Å². The number of aryl methyl sites for hydroxylation is 1. The Morgan fingerprint density at radius 1 is 1.06 bits per heavy atom. The van der Waals surface area contributed by atoms with Crippen LogP contribution in [-0.4, -0.2) is 35.4 Å². The van der Waals surface area contributed by atoms with Crippen LogP contribution >= 0.6 is 11.6 Å². The first-order valence-corrected chi connectivity index (χ1v) is 12.7. The van der Waals surface area contributed by atoms with E-state index in [1.54, 1.807) is 60.3 Å². The molecule has 5 aromatic rings. The highest BCUT2D eigenvalue weighted by Crippen LogP contribution is 2.31. The molecule has 0 bridgehead atoms. The van der Waals surface area contributed by atoms with E-state index in [1.807, 2.05) is 23.9 Å². The van der Waals surface area contributed by atoms with Gasteiger partial charge >= 0.3 is 0 Å². The smallest absolute Gasteiger partial charge is 0.240 e. The summed E-state index contributed by atoms with van der Waals surface area (Å²) in [6.45, 7) is 1.79. The predicted octanol–water partition coefficient (Wildman–Crippen LogP) is 5.06. The van der Waals surface area contributed by atoms with Gasteiger partial charge in [0, 0.05) is 29.5 Å². The Labute approximate surface area is 206 Å². The monoisotopic (exact) mass is 512 g/mol. The first-order chi connectivity index (χ1) is 16.7. The molecule has 5 rings (SSSR count). The Morgan fingerprint density at radius 3 is 2.60 bits per heavy atom. The van der Waals surface area contributed by atoms with Crippen molar-refractivity contribution in [2.75, 3.05) is 6.61 Å². The lowest BCUT2D eigenvalue weighted by Gasteiger charge is -2.16. The highest BCUT2D eigenvalue weighted by Gasteiger charge is 2.19. The van der Waals surface area contributed by atoms with Gasteiger partial charge in [-0.15, -0.1) is 0 Å². The van der Waals surface area contributed by atoms with Crippen molar-refractivity contribution >= 4 is 43.4 Å². The molecule has 10 heteroatoms. The van der Waals surface area contributed by atoms with Crippen LogP contribution in [0, 0.1) is 5.82 Å². The number of aromatic nitrogens is 3. The second kappa shape index (κ2) is 8.99. The number of hydrogen-bond acceptors (Lipinski definition) is 4. The van der Waals surface area contributed by atoms with Crippen molar-refractivity contribution in [1.29, 1.82) is 0 Å². The van der Waals surface area contributed by atoms with Crippen LogP contribution in [0.25, 0.3) is 27.5 Å². The predicted molar refractivity (Wildman–Crippen MR) is 134 cm³/mol. The van der Waals surface area contributed by atoms with Gasteiger partial charge in [0.25, 0.3) is 0 Å². The molecule has 0 aliphatic carbocycles. The molecule has 1 atom stereocenters. The Morgan fingerprint density at radius 2 is 1.83 bits per heavy atom. The molecule has 0 amide bonds. The highest BCUT2D eigenvalue weighted by atomic mass is 35.5. The average Bonchev–Trinajstić information content (AvgIpc) is 3.40. The number of nitrogens with zero attached hydrogens (tertiary/aromatic N) is 3. The third-order valence-electron chi connectivity index (χ3n) is 5.71. The molecule has 7 nitrogen and oxygen atoms in total. The van der Waals surface area contributed by atoms with Gasteiger partial charge in [-0.1, -0.05) is 11.6 Å². The summed E-state index contributed by atoms with van der Waals surface area (Å²) in [5, 5.41) is 6.34. The second-order valence-electron chi connectivity index (χ2n) is 8.35. The fourth-order valence-electron chi connectivity index (χ4n) is 3.93. The van der Waals surface area contributed by atoms with Crippen molar-refractivity contribution in [1.82, 2.24) is 19.1 Å². The lowest BCUT2D eigenvalue weighted by Crippen LogP contribution is -2.36. The maximum atomic E-state index is 13.3. The molecule has 2 heterocycles. The molecule has 180 valence electrons. The Kier molecular flexibility index (Phi) is 6.00. The molecular weight excluding hydrogens is 491 g/mol. The summed E-state index contributed by atoms with van der Waals surface area (Å²) >= 11 is 6.45. The molecule has 0 spiro atoms. The summed E-state index contributed by atoms with van der Waals surface area (Å²) in [5.74, 6) is 0.0823. The minimum absolute atomic E-state index is 0.0735. The van der Waals surface area contributed by atoms with Crippen molar-refractivity contribution in [3.8, 4) is 11.4 Å². The van der Waals surface area contributed by atoms with E-state index in [9.17, 15) is 12.8 Å². The summed E-state index contributed by atoms with van der Waals surface area (Å²) in [4.78, 5) is 0.190. The molecule has 3 aromatic carbocycles. The molecular formula is C25H22ClFN4O3S. The van der Waals surface area contributed by atoms with E-state index >= 15 is 0 Å². The molecule has 2 aromatic heterocycles. The molecule has 0 saturated carbocycles. The van der Waals surface area contributed by atoms with Gasteiger partial charge in [-0.25, -0.2) is 22.2 Å². The van der Waals surface area contributed by atoms with Crippen LogP contribution in [0.5, 0.6) is 5.75 Å². The minimum Gasteiger partial charge on any atom is -0.490 e. The SMILES string of the molecule is C[C@@H](COc1cc2cnn(-c3ccc(F)cc3)c2cc1Cl)NS(=O)(=O)c1ccc2c(ccn2C)c1. The number of halogens is 2. The van der Waals surface area contributed by atoms with Crippen molar-refractivity contribution in [3.63, 3.8) is 0 Å². The van der Waals surface area contributed by atoms with E-state index in [4.69, 9.17) is 16.3 Å². The standard InChI is InChI=1S/C25H22ClFN4O3S/c1-16(29-35(32,33)21-7-8-23-17(11-21)9-10-30(23)2)15-34-25-12-18-14-28-31(24(18)13-22(25)26)20-5-3-19(27)4-6-20/h3-14,16,29H,15H2,1-2H3/t16-/m0/s1. The zero-order chi connectivity index (χ0) is 24.7. The first kappa shape index (κ1) is 23.3. The van der Waals surface area contributed by atoms with Gasteiger partial charge in [-0.2, -0.15) is 5.10 Å². The summed E-state index contributed by atoms with van der Waals surface area (Å²) in [6.07, 6.45) is 3.54. The van der Waals surface area contributed by atoms with E-state index in [0.29, 0.717) is 16.5 Å². The van der Waals surface area contributed by atoms with Crippen LogP contribution in [-0.2, 0) is 17.1 Å². The number of sulfonamides is 1. The van der Waals surface area contributed by atoms with Crippen molar-refractivity contribution in [2.45, 2.75) is 17.9 Å². The van der Waals surface area contributed by atoms with Gasteiger partial charge in [0.15, 0.2) is 0 Å². The van der Waals surface area contributed by atoms with Crippen LogP contribution in [0.2, 0.25) is 5.02 Å². The lowest BCUT2D eigenvalue weighted by molar-refractivity contribution is 0.288. The Hall–Kier alpha value is -3.40. The summed E-state index contributed by atoms with van der Waals surface area (Å²) < 4.78 is 51.1. The van der Waals surface area contributed by atoms with Gasteiger partial charge in [0.1, 0.15) is 18.2 Å². The Balaban J connectivity index is 1.30. The third kappa shape index (κ3) is 4.62. The Bertz CT molecular complexity index is 1650. The number of ether oxygens (including phenoxy) is 1. The molecule has 1 N–H and O–H groups in total. The summed E-state index contributed by atoms with van der Waals surface area (Å²) in [7, 11) is -1.83. The maximum Gasteiger partial charge on any atom is 0.240 e. The zero-order valence-electron chi connectivity index (χ0n) is 18.9. The molecule has 0 saturated heterocycles. The normalized spacial score (nSPS) is 12.9. The average molecular weight is 513 g/mol. The number of rotatable bonds is 7. The molecule has 0 aliphatic heterocycles. The van der Waals surface area contributed by atoms with Gasteiger partial charge in [-0.3, -0.25) is 0 Å². The van der Waals surface area contributed by atoms with Gasteiger partial charge in [-0.05, 0) is 67.6 Å². The van der Waals surface area contributed by atoms with Crippen LogP contribution in [0.15, 0.2) is 78.0 Å². The molecule has 0 aliphatic rings. The number of nitrogens with one attached hydrogen (secondary N) is 1. The van der Waals surface area contributed by atoms with Crippen LogP contribution < -0.4 is 9.46 Å². The quantitative estimate of drug-likeness (QED) is 0.331. The van der Waals surface area contributed by atoms with E-state index in [2.05, 4.69) is 9.82 Å². The molecule has 0 unspecified atom stereocenters. The molecule has 35 heavy (non-hydrogen) atoms. The minimum atomic E-state index is -3.73. The lowest BCUT2D eigenvalue weighted by atomic mass is 10.2. The van der Waals surface area contributed by atoms with E-state index in [-0.39, 0.29) is 17.3 Å². The van der Waals surface area contributed by atoms with Crippen molar-refractivity contribution in [3.05, 3.63) is 83.9 Å². The van der Waals surface area contributed by atoms with E-state index < -0.39 is 16.1 Å². The third-order valence-corrected chi connectivity index (χ3v) is 7.59. The topological polar surface area (TPSA) is 78.2 Å². The van der Waals surface area contributed by atoms with Gasteiger partial charge in [0.2, 0.25) is 10.0 Å². The molecule has 0 fully saturated rings. The van der Waals surface area contributed by atoms with Crippen LogP contribution in [0.4, 0.5) is 4.39 Å². The highest BCUT2D eigenvalue weighted by molar-refractivity contribution is 7.89. The van der Waals surface area contributed by atoms with E-state index in [0.717, 1.165) is 21.8 Å². The van der Waals surface area contributed by atoms with Crippen molar-refractivity contribution < 1.29 is 17.5 Å². The fourth-order valence-corrected chi connectivity index (χ4v) is 5.41. The zero-order valence-corrected chi connectivity index (χ0v) is 20.5. The molecule has 0 radical (unpaired) electrons. The first-order valence-electron chi connectivity index (χ1n) is 10.8. The number of fused-ring (bicyclic) bond motifs is 2. The van der Waals surface area contributed by atoms with Crippen LogP contribution in [0.3, 0.4) is 0 Å². The fraction of sp³-hybridized carbons (Fsp3) is 0.160. The summed E-state index contributed by atoms with van der Waals surface area (Å²) in [6, 6.07) is 15.8. The number of benzene rings is 3. The van der Waals surface area contributed by atoms with Crippen LogP contribution in [0.1, 0.15) is 6.92 Å².